The van der Waals surface area contributed by atoms with Crippen molar-refractivity contribution in [2.24, 2.45) is 11.3 Å². The van der Waals surface area contributed by atoms with Crippen LogP contribution in [0, 0.1) is 11.3 Å². The van der Waals surface area contributed by atoms with Crippen LogP contribution in [-0.4, -0.2) is 80.6 Å². The van der Waals surface area contributed by atoms with E-state index < -0.39 is 76.7 Å². The van der Waals surface area contributed by atoms with Gasteiger partial charge in [-0.1, -0.05) is 30.3 Å². The van der Waals surface area contributed by atoms with Crippen molar-refractivity contribution in [2.45, 2.75) is 75.7 Å². The second kappa shape index (κ2) is 11.0. The molecule has 1 saturated heterocycles. The van der Waals surface area contributed by atoms with Crippen LogP contribution < -0.4 is 0 Å². The number of pyridine rings is 1. The Bertz CT molecular complexity index is 1440. The van der Waals surface area contributed by atoms with Crippen LogP contribution in [0.5, 0.6) is 0 Å². The summed E-state index contributed by atoms with van der Waals surface area (Å²) in [6.45, 7) is 5.09. The van der Waals surface area contributed by atoms with E-state index in [4.69, 9.17) is 18.9 Å². The molecule has 7 atom stereocenters. The molecule has 1 aromatic carbocycles. The van der Waals surface area contributed by atoms with Crippen LogP contribution >= 0.6 is 0 Å². The fourth-order valence-electron chi connectivity index (χ4n) is 7.22. The first-order valence-corrected chi connectivity index (χ1v) is 14.1. The van der Waals surface area contributed by atoms with Gasteiger partial charge in [0.25, 0.3) is 0 Å². The van der Waals surface area contributed by atoms with Gasteiger partial charge in [0.1, 0.15) is 23.7 Å². The molecule has 228 valence electrons. The highest BCUT2D eigenvalue weighted by Crippen LogP contribution is 2.67. The molecule has 2 bridgehead atoms. The van der Waals surface area contributed by atoms with Gasteiger partial charge in [-0.2, -0.15) is 0 Å². The SMILES string of the molecule is CC(=O)OC[C@@]12[C@@H](OC(=O)/C=C\c3ccccc3)CC[C@](C)(O)[C@]13OC(C)(C)[C@H](C(=O)[C@H]2OC(=O)c1cccnc1)C3O. The standard InChI is InChI=1S/C32H35NO10/c1-19(34)40-18-31-22(41-23(35)13-12-20-9-6-5-7-10-20)14-15-30(4,39)32(31)26(37)24(29(2,3)43-32)25(36)27(31)42-28(38)21-11-8-16-33-17-21/h5-13,16-17,22,24,26-27,37,39H,14-15,18H2,1-4H3/b13-12-/t22-,24+,26?,27+,30-,31-,32-/m0/s1. The lowest BCUT2D eigenvalue weighted by Gasteiger charge is -2.63. The Kier molecular flexibility index (Phi) is 7.78. The van der Waals surface area contributed by atoms with E-state index >= 15 is 0 Å². The first-order valence-electron chi connectivity index (χ1n) is 14.1. The van der Waals surface area contributed by atoms with Crippen LogP contribution in [0.25, 0.3) is 6.08 Å². The molecule has 2 saturated carbocycles. The van der Waals surface area contributed by atoms with Crippen molar-refractivity contribution in [2.75, 3.05) is 6.61 Å². The predicted molar refractivity (Wildman–Crippen MR) is 150 cm³/mol. The Morgan fingerprint density at radius 3 is 2.47 bits per heavy atom. The van der Waals surface area contributed by atoms with Gasteiger partial charge in [0.05, 0.1) is 28.8 Å². The summed E-state index contributed by atoms with van der Waals surface area (Å²) in [6.07, 6.45) is 0.729. The predicted octanol–water partition coefficient (Wildman–Crippen LogP) is 2.43. The summed E-state index contributed by atoms with van der Waals surface area (Å²) in [5.74, 6) is -4.41. The molecule has 11 nitrogen and oxygen atoms in total. The van der Waals surface area contributed by atoms with E-state index in [9.17, 15) is 29.4 Å². The van der Waals surface area contributed by atoms with Crippen LogP contribution in [-0.2, 0) is 33.3 Å². The van der Waals surface area contributed by atoms with Crippen molar-refractivity contribution < 1.29 is 48.3 Å². The third-order valence-electron chi connectivity index (χ3n) is 9.00. The van der Waals surface area contributed by atoms with Gasteiger partial charge in [-0.15, -0.1) is 0 Å². The van der Waals surface area contributed by atoms with E-state index in [-0.39, 0.29) is 18.4 Å². The number of carbonyl (C=O) groups is 4. The second-order valence-corrected chi connectivity index (χ2v) is 12.1. The number of Topliss-reactive ketones (excluding diaryl/α,β-unsaturated/α-hetero) is 1. The second-order valence-electron chi connectivity index (χ2n) is 12.1. The number of ether oxygens (including phenoxy) is 4. The molecule has 2 heterocycles. The molecule has 43 heavy (non-hydrogen) atoms. The Morgan fingerprint density at radius 1 is 1.09 bits per heavy atom. The molecule has 2 aromatic rings. The fourth-order valence-corrected chi connectivity index (χ4v) is 7.22. The molecule has 1 aromatic heterocycles. The third-order valence-corrected chi connectivity index (χ3v) is 9.00. The number of esters is 3. The van der Waals surface area contributed by atoms with E-state index in [1.165, 1.54) is 37.5 Å². The average molecular weight is 594 g/mol. The molecule has 0 radical (unpaired) electrons. The number of aliphatic hydroxyl groups excluding tert-OH is 1. The smallest absolute Gasteiger partial charge is 0.340 e. The van der Waals surface area contributed by atoms with Crippen molar-refractivity contribution in [1.82, 2.24) is 4.98 Å². The first kappa shape index (κ1) is 30.5. The van der Waals surface area contributed by atoms with Crippen molar-refractivity contribution in [3.63, 3.8) is 0 Å². The highest BCUT2D eigenvalue weighted by atomic mass is 16.6. The summed E-state index contributed by atoms with van der Waals surface area (Å²) < 4.78 is 23.9. The largest absolute Gasteiger partial charge is 0.465 e. The lowest BCUT2D eigenvalue weighted by molar-refractivity contribution is -0.334. The van der Waals surface area contributed by atoms with Gasteiger partial charge in [0.2, 0.25) is 0 Å². The number of nitrogens with zero attached hydrogens (tertiary/aromatic N) is 1. The normalized spacial score (nSPS) is 34.3. The molecule has 3 aliphatic rings. The monoisotopic (exact) mass is 593 g/mol. The quantitative estimate of drug-likeness (QED) is 0.276. The van der Waals surface area contributed by atoms with Gasteiger partial charge in [-0.05, 0) is 57.4 Å². The van der Waals surface area contributed by atoms with Crippen LogP contribution in [0.1, 0.15) is 56.5 Å². The zero-order valence-corrected chi connectivity index (χ0v) is 24.4. The maximum absolute atomic E-state index is 14.3. The molecule has 1 unspecified atom stereocenters. The number of rotatable bonds is 7. The van der Waals surface area contributed by atoms with Gasteiger partial charge < -0.3 is 29.2 Å². The minimum Gasteiger partial charge on any atom is -0.465 e. The number of aliphatic hydroxyl groups is 2. The Morgan fingerprint density at radius 2 is 1.81 bits per heavy atom. The maximum Gasteiger partial charge on any atom is 0.340 e. The number of fused-ring (bicyclic) bond motifs is 1. The molecule has 1 spiro atoms. The van der Waals surface area contributed by atoms with Crippen molar-refractivity contribution in [3.8, 4) is 0 Å². The lowest BCUT2D eigenvalue weighted by Crippen LogP contribution is -2.82. The molecule has 0 amide bonds. The summed E-state index contributed by atoms with van der Waals surface area (Å²) >= 11 is 0. The fraction of sp³-hybridized carbons (Fsp3) is 0.469. The molecule has 2 aliphatic carbocycles. The van der Waals surface area contributed by atoms with Crippen LogP contribution in [0.2, 0.25) is 0 Å². The zero-order valence-electron chi connectivity index (χ0n) is 24.4. The number of benzene rings is 1. The van der Waals surface area contributed by atoms with E-state index in [2.05, 4.69) is 4.98 Å². The number of hydrogen-bond donors (Lipinski definition) is 2. The average Bonchev–Trinajstić information content (AvgIpc) is 3.15. The van der Waals surface area contributed by atoms with Gasteiger partial charge in [0.15, 0.2) is 11.9 Å². The molecule has 2 N–H and O–H groups in total. The number of carbonyl (C=O) groups excluding carboxylic acids is 4. The van der Waals surface area contributed by atoms with E-state index in [1.54, 1.807) is 44.2 Å². The Hall–Kier alpha value is -3.93. The highest BCUT2D eigenvalue weighted by Gasteiger charge is 2.85. The summed E-state index contributed by atoms with van der Waals surface area (Å²) in [7, 11) is 0. The molecular weight excluding hydrogens is 558 g/mol. The van der Waals surface area contributed by atoms with Crippen molar-refractivity contribution in [3.05, 3.63) is 72.1 Å². The molecule has 5 rings (SSSR count). The molecule has 1 aliphatic heterocycles. The highest BCUT2D eigenvalue weighted by molar-refractivity contribution is 5.96. The first-order chi connectivity index (χ1) is 20.3. The van der Waals surface area contributed by atoms with E-state index in [1.807, 2.05) is 6.07 Å². The minimum atomic E-state index is -2.07. The summed E-state index contributed by atoms with van der Waals surface area (Å²) in [4.78, 5) is 57.2. The number of hydrogen-bond acceptors (Lipinski definition) is 11. The molecule has 11 heteroatoms. The third kappa shape index (κ3) is 4.85. The summed E-state index contributed by atoms with van der Waals surface area (Å²) in [6, 6.07) is 12.0. The van der Waals surface area contributed by atoms with Crippen LogP contribution in [0.4, 0.5) is 0 Å². The summed E-state index contributed by atoms with van der Waals surface area (Å²) in [5.41, 5.74) is -6.55. The van der Waals surface area contributed by atoms with Crippen molar-refractivity contribution >= 4 is 29.8 Å². The Labute approximate surface area is 248 Å². The maximum atomic E-state index is 14.3. The van der Waals surface area contributed by atoms with Crippen molar-refractivity contribution in [1.29, 1.82) is 0 Å². The topological polar surface area (TPSA) is 159 Å². The number of aromatic nitrogens is 1. The summed E-state index contributed by atoms with van der Waals surface area (Å²) in [5, 5.41) is 23.9. The van der Waals surface area contributed by atoms with E-state index in [0.717, 1.165) is 12.5 Å². The van der Waals surface area contributed by atoms with Gasteiger partial charge in [-0.3, -0.25) is 14.6 Å². The number of ketones is 1. The zero-order chi connectivity index (χ0) is 31.2. The lowest BCUT2D eigenvalue weighted by atomic mass is 9.46. The molecule has 3 fully saturated rings. The van der Waals surface area contributed by atoms with Crippen LogP contribution in [0.3, 0.4) is 0 Å². The van der Waals surface area contributed by atoms with Gasteiger partial charge >= 0.3 is 17.9 Å². The van der Waals surface area contributed by atoms with Crippen LogP contribution in [0.15, 0.2) is 60.9 Å². The van der Waals surface area contributed by atoms with Gasteiger partial charge in [-0.25, -0.2) is 9.59 Å². The van der Waals surface area contributed by atoms with E-state index in [0.29, 0.717) is 0 Å². The minimum absolute atomic E-state index is 0.0213. The molecular formula is C32H35NO10. The Balaban J connectivity index is 1.67. The van der Waals surface area contributed by atoms with Gasteiger partial charge in [0, 0.05) is 25.4 Å².